The fourth-order valence-electron chi connectivity index (χ4n) is 2.92. The van der Waals surface area contributed by atoms with Crippen LogP contribution in [0.3, 0.4) is 0 Å². The van der Waals surface area contributed by atoms with Crippen molar-refractivity contribution in [3.8, 4) is 11.5 Å². The molecule has 1 aliphatic carbocycles. The van der Waals surface area contributed by atoms with E-state index in [1.165, 1.54) is 12.8 Å². The normalized spacial score (nSPS) is 18.6. The summed E-state index contributed by atoms with van der Waals surface area (Å²) >= 11 is 0. The van der Waals surface area contributed by atoms with Crippen molar-refractivity contribution in [3.63, 3.8) is 0 Å². The third-order valence-corrected chi connectivity index (χ3v) is 3.72. The van der Waals surface area contributed by atoms with Gasteiger partial charge in [0.15, 0.2) is 17.3 Å². The number of ether oxygens (including phenoxy) is 2. The molecule has 0 bridgehead atoms. The van der Waals surface area contributed by atoms with Crippen LogP contribution in [0.2, 0.25) is 0 Å². The van der Waals surface area contributed by atoms with Crippen molar-refractivity contribution < 1.29 is 14.3 Å². The standard InChI is InChI=1S/C14H16O3/c1-9(15)11-6-7-12-14(17-8-16-12)13(11)10-4-2-3-5-10/h6-7,10H,2-5,8H2,1H3. The van der Waals surface area contributed by atoms with Crippen LogP contribution < -0.4 is 9.47 Å². The second kappa shape index (κ2) is 4.06. The SMILES string of the molecule is CC(=O)c1ccc2c(c1C1CCCC1)OCO2. The van der Waals surface area contributed by atoms with Crippen molar-refractivity contribution in [3.05, 3.63) is 23.3 Å². The van der Waals surface area contributed by atoms with Crippen LogP contribution in [-0.2, 0) is 0 Å². The number of hydrogen-bond acceptors (Lipinski definition) is 3. The average molecular weight is 232 g/mol. The van der Waals surface area contributed by atoms with Crippen molar-refractivity contribution in [1.82, 2.24) is 0 Å². The lowest BCUT2D eigenvalue weighted by Crippen LogP contribution is -2.05. The van der Waals surface area contributed by atoms with Crippen LogP contribution in [0.4, 0.5) is 0 Å². The van der Waals surface area contributed by atoms with Gasteiger partial charge in [0.25, 0.3) is 0 Å². The van der Waals surface area contributed by atoms with Crippen LogP contribution in [0.1, 0.15) is 54.4 Å². The summed E-state index contributed by atoms with van der Waals surface area (Å²) in [6.07, 6.45) is 4.79. The highest BCUT2D eigenvalue weighted by molar-refractivity contribution is 5.97. The molecule has 1 fully saturated rings. The molecule has 90 valence electrons. The van der Waals surface area contributed by atoms with Crippen LogP contribution in [0, 0.1) is 0 Å². The van der Waals surface area contributed by atoms with E-state index in [4.69, 9.17) is 9.47 Å². The van der Waals surface area contributed by atoms with E-state index in [0.717, 1.165) is 35.5 Å². The number of carbonyl (C=O) groups is 1. The fraction of sp³-hybridized carbons (Fsp3) is 0.500. The Kier molecular flexibility index (Phi) is 2.54. The number of hydrogen-bond donors (Lipinski definition) is 0. The molecule has 3 nitrogen and oxygen atoms in total. The molecule has 0 unspecified atom stereocenters. The fourth-order valence-corrected chi connectivity index (χ4v) is 2.92. The minimum Gasteiger partial charge on any atom is -0.454 e. The Morgan fingerprint density at radius 1 is 1.24 bits per heavy atom. The van der Waals surface area contributed by atoms with Crippen LogP contribution in [-0.4, -0.2) is 12.6 Å². The van der Waals surface area contributed by atoms with Crippen molar-refractivity contribution in [1.29, 1.82) is 0 Å². The molecular formula is C14H16O3. The van der Waals surface area contributed by atoms with E-state index in [9.17, 15) is 4.79 Å². The highest BCUT2D eigenvalue weighted by Gasteiger charge is 2.29. The van der Waals surface area contributed by atoms with Crippen molar-refractivity contribution >= 4 is 5.78 Å². The molecule has 0 atom stereocenters. The van der Waals surface area contributed by atoms with Gasteiger partial charge >= 0.3 is 0 Å². The summed E-state index contributed by atoms with van der Waals surface area (Å²) in [6.45, 7) is 1.90. The maximum atomic E-state index is 11.7. The molecule has 1 aromatic carbocycles. The third kappa shape index (κ3) is 1.70. The molecule has 0 spiro atoms. The van der Waals surface area contributed by atoms with Crippen molar-refractivity contribution in [2.75, 3.05) is 6.79 Å². The van der Waals surface area contributed by atoms with Gasteiger partial charge in [0, 0.05) is 11.1 Å². The molecule has 1 aliphatic heterocycles. The largest absolute Gasteiger partial charge is 0.454 e. The maximum Gasteiger partial charge on any atom is 0.231 e. The average Bonchev–Trinajstić information content (AvgIpc) is 2.98. The second-order valence-electron chi connectivity index (χ2n) is 4.80. The number of carbonyl (C=O) groups excluding carboxylic acids is 1. The number of ketones is 1. The zero-order valence-electron chi connectivity index (χ0n) is 9.99. The van der Waals surface area contributed by atoms with Crippen LogP contribution >= 0.6 is 0 Å². The molecule has 0 amide bonds. The molecule has 17 heavy (non-hydrogen) atoms. The van der Waals surface area contributed by atoms with Gasteiger partial charge in [-0.2, -0.15) is 0 Å². The Labute approximate surface area is 101 Å². The van der Waals surface area contributed by atoms with Gasteiger partial charge in [0.1, 0.15) is 0 Å². The molecule has 2 aliphatic rings. The van der Waals surface area contributed by atoms with Crippen LogP contribution in [0.25, 0.3) is 0 Å². The van der Waals surface area contributed by atoms with Gasteiger partial charge in [0.2, 0.25) is 6.79 Å². The lowest BCUT2D eigenvalue weighted by molar-refractivity contribution is 0.101. The van der Waals surface area contributed by atoms with Gasteiger partial charge in [-0.15, -0.1) is 0 Å². The second-order valence-corrected chi connectivity index (χ2v) is 4.80. The van der Waals surface area contributed by atoms with Gasteiger partial charge < -0.3 is 9.47 Å². The summed E-state index contributed by atoms with van der Waals surface area (Å²) in [6, 6.07) is 3.72. The molecule has 0 saturated heterocycles. The Morgan fingerprint density at radius 3 is 2.71 bits per heavy atom. The molecule has 3 heteroatoms. The summed E-state index contributed by atoms with van der Waals surface area (Å²) in [5, 5.41) is 0. The Bertz CT molecular complexity index is 459. The smallest absolute Gasteiger partial charge is 0.231 e. The van der Waals surface area contributed by atoms with E-state index in [1.54, 1.807) is 6.92 Å². The molecule has 0 aromatic heterocycles. The molecule has 1 aromatic rings. The number of fused-ring (bicyclic) bond motifs is 1. The molecular weight excluding hydrogens is 216 g/mol. The van der Waals surface area contributed by atoms with Crippen molar-refractivity contribution in [2.45, 2.75) is 38.5 Å². The predicted octanol–water partition coefficient (Wildman–Crippen LogP) is 3.28. The Hall–Kier alpha value is -1.51. The monoisotopic (exact) mass is 232 g/mol. The summed E-state index contributed by atoms with van der Waals surface area (Å²) in [7, 11) is 0. The summed E-state index contributed by atoms with van der Waals surface area (Å²) in [5.41, 5.74) is 1.89. The van der Waals surface area contributed by atoms with Gasteiger partial charge in [-0.05, 0) is 37.8 Å². The maximum absolute atomic E-state index is 11.7. The molecule has 1 heterocycles. The molecule has 0 N–H and O–H groups in total. The first kappa shape index (κ1) is 10.6. The van der Waals surface area contributed by atoms with E-state index in [1.807, 2.05) is 12.1 Å². The van der Waals surface area contributed by atoms with E-state index in [0.29, 0.717) is 5.92 Å². The third-order valence-electron chi connectivity index (χ3n) is 3.72. The van der Waals surface area contributed by atoms with Crippen LogP contribution in [0.5, 0.6) is 11.5 Å². The van der Waals surface area contributed by atoms with Gasteiger partial charge in [-0.25, -0.2) is 0 Å². The lowest BCUT2D eigenvalue weighted by atomic mass is 9.90. The highest BCUT2D eigenvalue weighted by atomic mass is 16.7. The van der Waals surface area contributed by atoms with E-state index in [-0.39, 0.29) is 12.6 Å². The Morgan fingerprint density at radius 2 is 2.00 bits per heavy atom. The highest BCUT2D eigenvalue weighted by Crippen LogP contribution is 2.46. The molecule has 1 saturated carbocycles. The predicted molar refractivity (Wildman–Crippen MR) is 63.8 cm³/mol. The van der Waals surface area contributed by atoms with Gasteiger partial charge in [0.05, 0.1) is 0 Å². The zero-order valence-corrected chi connectivity index (χ0v) is 9.99. The van der Waals surface area contributed by atoms with Gasteiger partial charge in [-0.1, -0.05) is 12.8 Å². The topological polar surface area (TPSA) is 35.5 Å². The zero-order chi connectivity index (χ0) is 11.8. The lowest BCUT2D eigenvalue weighted by Gasteiger charge is -2.16. The first-order valence-electron chi connectivity index (χ1n) is 6.21. The molecule has 0 radical (unpaired) electrons. The minimum atomic E-state index is 0.116. The van der Waals surface area contributed by atoms with Crippen LogP contribution in [0.15, 0.2) is 12.1 Å². The van der Waals surface area contributed by atoms with E-state index >= 15 is 0 Å². The quantitative estimate of drug-likeness (QED) is 0.734. The minimum absolute atomic E-state index is 0.116. The molecule has 3 rings (SSSR count). The number of benzene rings is 1. The van der Waals surface area contributed by atoms with E-state index < -0.39 is 0 Å². The number of rotatable bonds is 2. The van der Waals surface area contributed by atoms with Gasteiger partial charge in [-0.3, -0.25) is 4.79 Å². The first-order chi connectivity index (χ1) is 8.27. The number of Topliss-reactive ketones (excluding diaryl/α,β-unsaturated/α-hetero) is 1. The summed E-state index contributed by atoms with van der Waals surface area (Å²) in [4.78, 5) is 11.7. The van der Waals surface area contributed by atoms with E-state index in [2.05, 4.69) is 0 Å². The van der Waals surface area contributed by atoms with Crippen molar-refractivity contribution in [2.24, 2.45) is 0 Å². The summed E-state index contributed by atoms with van der Waals surface area (Å²) < 4.78 is 11.0. The Balaban J connectivity index is 2.13. The summed E-state index contributed by atoms with van der Waals surface area (Å²) in [5.74, 6) is 2.18. The first-order valence-corrected chi connectivity index (χ1v) is 6.21.